The first-order valence-corrected chi connectivity index (χ1v) is 20.8. The fraction of sp³-hybridized carbons (Fsp3) is 0.318. The van der Waals surface area contributed by atoms with Gasteiger partial charge >= 0.3 is 6.18 Å². The number of hydrogen-bond donors (Lipinski definition) is 5. The fourth-order valence-electron chi connectivity index (χ4n) is 7.45. The van der Waals surface area contributed by atoms with Crippen LogP contribution >= 0.6 is 0 Å². The fourth-order valence-corrected chi connectivity index (χ4v) is 7.45. The Bertz CT molecular complexity index is 2640. The van der Waals surface area contributed by atoms with Gasteiger partial charge in [-0.05, 0) is 67.8 Å². The van der Waals surface area contributed by atoms with Crippen molar-refractivity contribution >= 4 is 58.4 Å². The van der Waals surface area contributed by atoms with Crippen molar-refractivity contribution in [1.29, 1.82) is 0 Å². The highest BCUT2D eigenvalue weighted by molar-refractivity contribution is 6.25. The number of imide groups is 2. The maximum absolute atomic E-state index is 13.3. The van der Waals surface area contributed by atoms with Crippen molar-refractivity contribution in [3.63, 3.8) is 0 Å². The average molecular weight is 897 g/mol. The second-order valence-corrected chi connectivity index (χ2v) is 15.4. The Morgan fingerprint density at radius 1 is 0.892 bits per heavy atom. The maximum Gasteiger partial charge on any atom is 0.405 e. The molecule has 1 unspecified atom stereocenters. The quantitative estimate of drug-likeness (QED) is 0.0339. The largest absolute Gasteiger partial charge is 0.444 e. The van der Waals surface area contributed by atoms with Crippen molar-refractivity contribution in [2.24, 2.45) is 5.73 Å². The van der Waals surface area contributed by atoms with Crippen molar-refractivity contribution in [2.45, 2.75) is 76.4 Å². The number of Topliss-reactive ketones (excluding diaryl/α,β-unsaturated/α-hetero) is 1. The third-order valence-electron chi connectivity index (χ3n) is 10.7. The van der Waals surface area contributed by atoms with E-state index in [2.05, 4.69) is 36.3 Å². The monoisotopic (exact) mass is 896 g/mol. The van der Waals surface area contributed by atoms with Crippen molar-refractivity contribution in [3.05, 3.63) is 101 Å². The lowest BCUT2D eigenvalue weighted by Crippen LogP contribution is -2.54. The number of primary amides is 1. The van der Waals surface area contributed by atoms with Crippen molar-refractivity contribution in [2.75, 3.05) is 29.0 Å². The number of ketones is 1. The molecule has 5 aromatic rings. The van der Waals surface area contributed by atoms with Gasteiger partial charge in [0.25, 0.3) is 23.6 Å². The highest BCUT2D eigenvalue weighted by Crippen LogP contribution is 2.33. The summed E-state index contributed by atoms with van der Waals surface area (Å²) < 4.78 is 44.5. The molecule has 0 spiro atoms. The smallest absolute Gasteiger partial charge is 0.405 e. The third-order valence-corrected chi connectivity index (χ3v) is 10.7. The van der Waals surface area contributed by atoms with Gasteiger partial charge < -0.3 is 26.1 Å². The minimum atomic E-state index is -4.46. The number of carbonyl (C=O) groups is 7. The number of carbonyl (C=O) groups excluding carboxylic acids is 7. The summed E-state index contributed by atoms with van der Waals surface area (Å²) in [5.41, 5.74) is 7.28. The molecular formula is C44H43F3N10O8. The molecule has 2 aromatic carbocycles. The number of fused-ring (bicyclic) bond motifs is 1. The van der Waals surface area contributed by atoms with Crippen LogP contribution in [0.5, 0.6) is 0 Å². The lowest BCUT2D eigenvalue weighted by Gasteiger charge is -2.27. The molecule has 1 fully saturated rings. The van der Waals surface area contributed by atoms with Gasteiger partial charge in [-0.15, -0.1) is 0 Å². The Balaban J connectivity index is 0.819. The van der Waals surface area contributed by atoms with E-state index in [1.807, 2.05) is 0 Å². The molecule has 3 aromatic heterocycles. The van der Waals surface area contributed by atoms with Crippen molar-refractivity contribution in [3.8, 4) is 17.1 Å². The number of amides is 6. The van der Waals surface area contributed by atoms with E-state index in [4.69, 9.17) is 10.2 Å². The van der Waals surface area contributed by atoms with E-state index in [1.165, 1.54) is 29.2 Å². The molecule has 18 nitrogen and oxygen atoms in total. The van der Waals surface area contributed by atoms with Crippen LogP contribution in [-0.2, 0) is 9.59 Å². The lowest BCUT2D eigenvalue weighted by molar-refractivity contribution is -0.136. The number of pyridine rings is 1. The number of anilines is 3. The first kappa shape index (κ1) is 45.3. The van der Waals surface area contributed by atoms with Crippen LogP contribution in [0.1, 0.15) is 116 Å². The van der Waals surface area contributed by atoms with Gasteiger partial charge in [0.15, 0.2) is 17.2 Å². The third kappa shape index (κ3) is 10.9. The lowest BCUT2D eigenvalue weighted by atomic mass is 10.0. The molecule has 6 amide bonds. The normalized spacial score (nSPS) is 14.9. The molecule has 0 saturated carbocycles. The summed E-state index contributed by atoms with van der Waals surface area (Å²) in [6.07, 6.45) is 5.97. The summed E-state index contributed by atoms with van der Waals surface area (Å²) in [6.45, 7) is -0.721. The standard InChI is InChI=1S/C44H43F3N10O8/c45-44(46,47)24-51-34-21-26(18-20-50-34)41-53-31(23-65-41)39(61)52-30-22-56(55-37(30)38(48)60)27-14-12-25(13-15-27)33(58)11-6-4-2-1-3-5-7-19-49-29-10-8-9-28-36(29)43(64)57(42(28)63)32-16-17-35(59)54-40(32)62/h8-10,12-15,18,20-23,32,49H,1-7,11,16-17,19,24H2,(H2,48,60)(H,50,51)(H,52,61)(H,54,59,62). The second kappa shape index (κ2) is 19.8. The predicted molar refractivity (Wildman–Crippen MR) is 227 cm³/mol. The molecule has 65 heavy (non-hydrogen) atoms. The molecule has 2 aliphatic heterocycles. The van der Waals surface area contributed by atoms with E-state index >= 15 is 0 Å². The molecule has 338 valence electrons. The molecule has 21 heteroatoms. The molecule has 0 radical (unpaired) electrons. The highest BCUT2D eigenvalue weighted by Gasteiger charge is 2.45. The SMILES string of the molecule is NC(=O)c1nn(-c2ccc(C(=O)CCCCCCCCCNc3cccc4c3C(=O)N(C3CCC(=O)NC3=O)C4=O)cc2)cc1NC(=O)c1coc(-c2ccnc(NCC(F)(F)F)c2)n1. The number of rotatable bonds is 20. The zero-order valence-corrected chi connectivity index (χ0v) is 34.7. The Morgan fingerprint density at radius 2 is 1.63 bits per heavy atom. The number of hydrogen-bond acceptors (Lipinski definition) is 13. The van der Waals surface area contributed by atoms with Crippen molar-refractivity contribution < 1.29 is 51.2 Å². The van der Waals surface area contributed by atoms with Crippen molar-refractivity contribution in [1.82, 2.24) is 30.0 Å². The number of alkyl halides is 3. The molecule has 6 N–H and O–H groups in total. The highest BCUT2D eigenvalue weighted by atomic mass is 19.4. The zero-order chi connectivity index (χ0) is 46.3. The van der Waals surface area contributed by atoms with Crippen LogP contribution in [-0.4, -0.2) is 91.2 Å². The minimum Gasteiger partial charge on any atom is -0.444 e. The van der Waals surface area contributed by atoms with Gasteiger partial charge in [-0.3, -0.25) is 43.8 Å². The van der Waals surface area contributed by atoms with E-state index in [0.717, 1.165) is 49.7 Å². The van der Waals surface area contributed by atoms with Crippen LogP contribution in [0.3, 0.4) is 0 Å². The van der Waals surface area contributed by atoms with Gasteiger partial charge in [-0.1, -0.05) is 38.2 Å². The molecule has 0 bridgehead atoms. The van der Waals surface area contributed by atoms with Crippen LogP contribution in [0.4, 0.5) is 30.4 Å². The van der Waals surface area contributed by atoms with E-state index in [-0.39, 0.29) is 64.1 Å². The second-order valence-electron chi connectivity index (χ2n) is 15.4. The summed E-state index contributed by atoms with van der Waals surface area (Å²) >= 11 is 0. The first-order valence-electron chi connectivity index (χ1n) is 20.8. The predicted octanol–water partition coefficient (Wildman–Crippen LogP) is 6.06. The number of benzene rings is 2. The van der Waals surface area contributed by atoms with Gasteiger partial charge in [-0.2, -0.15) is 18.3 Å². The summed E-state index contributed by atoms with van der Waals surface area (Å²) in [5, 5.41) is 14.4. The van der Waals surface area contributed by atoms with Gasteiger partial charge in [0, 0.05) is 42.4 Å². The molecule has 7 rings (SSSR count). The number of unbranched alkanes of at least 4 members (excludes halogenated alkanes) is 6. The average Bonchev–Trinajstić information content (AvgIpc) is 4.01. The van der Waals surface area contributed by atoms with Crippen LogP contribution < -0.4 is 27.0 Å². The van der Waals surface area contributed by atoms with Gasteiger partial charge in [0.05, 0.1) is 28.7 Å². The molecule has 5 heterocycles. The molecule has 1 atom stereocenters. The number of nitrogens with one attached hydrogen (secondary N) is 4. The topological polar surface area (TPSA) is 254 Å². The number of halogens is 3. The van der Waals surface area contributed by atoms with Crippen LogP contribution in [0.2, 0.25) is 0 Å². The molecular weight excluding hydrogens is 854 g/mol. The molecule has 2 aliphatic rings. The maximum atomic E-state index is 13.3. The Hall–Kier alpha value is -7.71. The van der Waals surface area contributed by atoms with Crippen LogP contribution in [0.25, 0.3) is 17.1 Å². The molecule has 1 saturated heterocycles. The van der Waals surface area contributed by atoms with E-state index in [9.17, 15) is 46.7 Å². The number of oxazole rings is 1. The summed E-state index contributed by atoms with van der Waals surface area (Å²) in [6, 6.07) is 13.2. The first-order chi connectivity index (χ1) is 31.2. The summed E-state index contributed by atoms with van der Waals surface area (Å²) in [5.74, 6) is -4.07. The number of aromatic nitrogens is 4. The van der Waals surface area contributed by atoms with Gasteiger partial charge in [-0.25, -0.2) is 14.6 Å². The Kier molecular flexibility index (Phi) is 13.8. The van der Waals surface area contributed by atoms with Crippen LogP contribution in [0, 0.1) is 0 Å². The van der Waals surface area contributed by atoms with Crippen LogP contribution in [0.15, 0.2) is 77.7 Å². The van der Waals surface area contributed by atoms with E-state index in [0.29, 0.717) is 36.3 Å². The number of nitrogens with two attached hydrogens (primary N) is 1. The number of piperidine rings is 1. The number of nitrogens with zero attached hydrogens (tertiary/aromatic N) is 5. The Labute approximate surface area is 368 Å². The summed E-state index contributed by atoms with van der Waals surface area (Å²) in [7, 11) is 0. The Morgan fingerprint density at radius 3 is 2.35 bits per heavy atom. The minimum absolute atomic E-state index is 0.0282. The van der Waals surface area contributed by atoms with Gasteiger partial charge in [0.2, 0.25) is 17.7 Å². The van der Waals surface area contributed by atoms with E-state index < -0.39 is 54.2 Å². The molecule has 0 aliphatic carbocycles. The van der Waals surface area contributed by atoms with Gasteiger partial charge in [0.1, 0.15) is 24.7 Å². The zero-order valence-electron chi connectivity index (χ0n) is 34.7. The van der Waals surface area contributed by atoms with E-state index in [1.54, 1.807) is 42.5 Å². The summed E-state index contributed by atoms with van der Waals surface area (Å²) in [4.78, 5) is 97.5.